The van der Waals surface area contributed by atoms with Gasteiger partial charge in [0, 0.05) is 11.3 Å². The van der Waals surface area contributed by atoms with E-state index in [1.165, 1.54) is 47.6 Å². The number of benzene rings is 3. The fraction of sp³-hybridized carbons (Fsp3) is 0.438. The molecular formula is C32H39N3. The van der Waals surface area contributed by atoms with Gasteiger partial charge in [0.1, 0.15) is 5.82 Å². The molecule has 182 valence electrons. The van der Waals surface area contributed by atoms with E-state index >= 15 is 0 Å². The van der Waals surface area contributed by atoms with Gasteiger partial charge in [-0.1, -0.05) is 83.0 Å². The smallest absolute Gasteiger partial charge is 0.168 e. The minimum Gasteiger partial charge on any atom is -0.279 e. The van der Waals surface area contributed by atoms with Gasteiger partial charge in [-0.2, -0.15) is 0 Å². The second-order valence-corrected chi connectivity index (χ2v) is 11.0. The molecule has 0 bridgehead atoms. The van der Waals surface area contributed by atoms with E-state index < -0.39 is 0 Å². The minimum absolute atomic E-state index is 0.0301. The Hall–Kier alpha value is -2.94. The van der Waals surface area contributed by atoms with Crippen molar-refractivity contribution in [3.8, 4) is 17.1 Å². The monoisotopic (exact) mass is 465 g/mol. The number of hydrogen-bond donors (Lipinski definition) is 0. The highest BCUT2D eigenvalue weighted by molar-refractivity contribution is 5.89. The maximum Gasteiger partial charge on any atom is 0.168 e. The van der Waals surface area contributed by atoms with Gasteiger partial charge in [0.25, 0.3) is 0 Å². The number of nitrogens with zero attached hydrogens (tertiary/aromatic N) is 3. The third-order valence-corrected chi connectivity index (χ3v) is 9.31. The Kier molecular flexibility index (Phi) is 6.29. The molecule has 2 unspecified atom stereocenters. The molecule has 2 atom stereocenters. The molecule has 5 rings (SSSR count). The Morgan fingerprint density at radius 1 is 0.886 bits per heavy atom. The van der Waals surface area contributed by atoms with Gasteiger partial charge in [0.15, 0.2) is 5.82 Å². The molecule has 0 amide bonds. The summed E-state index contributed by atoms with van der Waals surface area (Å²) in [7, 11) is 0. The summed E-state index contributed by atoms with van der Waals surface area (Å²) >= 11 is 0. The lowest BCUT2D eigenvalue weighted by Crippen LogP contribution is -2.48. The van der Waals surface area contributed by atoms with E-state index in [-0.39, 0.29) is 10.8 Å². The molecule has 1 aliphatic carbocycles. The Balaban J connectivity index is 1.82. The summed E-state index contributed by atoms with van der Waals surface area (Å²) in [6, 6.07) is 24.2. The average Bonchev–Trinajstić information content (AvgIpc) is 3.23. The normalized spacial score (nSPS) is 17.6. The molecule has 0 saturated heterocycles. The highest BCUT2D eigenvalue weighted by Crippen LogP contribution is 2.58. The molecule has 3 nitrogen and oxygen atoms in total. The summed E-state index contributed by atoms with van der Waals surface area (Å²) in [6.45, 7) is 11.9. The van der Waals surface area contributed by atoms with Crippen molar-refractivity contribution in [1.82, 2.24) is 14.8 Å². The van der Waals surface area contributed by atoms with Crippen LogP contribution in [0.15, 0.2) is 66.7 Å². The second-order valence-electron chi connectivity index (χ2n) is 11.0. The summed E-state index contributed by atoms with van der Waals surface area (Å²) in [4.78, 5) is 0. The lowest BCUT2D eigenvalue weighted by Gasteiger charge is -2.55. The molecule has 0 spiro atoms. The van der Waals surface area contributed by atoms with Crippen molar-refractivity contribution in [1.29, 1.82) is 0 Å². The number of para-hydroxylation sites is 1. The molecule has 1 aliphatic rings. The van der Waals surface area contributed by atoms with Gasteiger partial charge in [0.2, 0.25) is 0 Å². The van der Waals surface area contributed by atoms with Gasteiger partial charge < -0.3 is 0 Å². The van der Waals surface area contributed by atoms with Crippen LogP contribution in [0.1, 0.15) is 77.6 Å². The molecule has 1 heterocycles. The Labute approximate surface area is 210 Å². The second kappa shape index (κ2) is 9.26. The summed E-state index contributed by atoms with van der Waals surface area (Å²) in [6.07, 6.45) is 7.59. The van der Waals surface area contributed by atoms with E-state index in [1.807, 2.05) is 0 Å². The van der Waals surface area contributed by atoms with E-state index in [0.29, 0.717) is 0 Å². The van der Waals surface area contributed by atoms with Crippen molar-refractivity contribution < 1.29 is 0 Å². The fourth-order valence-electron chi connectivity index (χ4n) is 6.71. The number of rotatable bonds is 8. The van der Waals surface area contributed by atoms with Crippen LogP contribution >= 0.6 is 0 Å². The van der Waals surface area contributed by atoms with E-state index in [1.54, 1.807) is 0 Å². The van der Waals surface area contributed by atoms with Crippen molar-refractivity contribution in [3.05, 3.63) is 78.1 Å². The van der Waals surface area contributed by atoms with Gasteiger partial charge in [-0.3, -0.25) is 4.57 Å². The highest BCUT2D eigenvalue weighted by atomic mass is 15.3. The van der Waals surface area contributed by atoms with Crippen LogP contribution in [0.4, 0.5) is 0 Å². The average molecular weight is 466 g/mol. The van der Waals surface area contributed by atoms with Gasteiger partial charge in [-0.05, 0) is 90.0 Å². The third kappa shape index (κ3) is 3.80. The van der Waals surface area contributed by atoms with Gasteiger partial charge >= 0.3 is 0 Å². The topological polar surface area (TPSA) is 30.7 Å². The van der Waals surface area contributed by atoms with Crippen molar-refractivity contribution in [2.45, 2.75) is 78.6 Å². The molecule has 3 heteroatoms. The summed E-state index contributed by atoms with van der Waals surface area (Å²) in [5.41, 5.74) is 4.02. The largest absolute Gasteiger partial charge is 0.279 e. The Morgan fingerprint density at radius 2 is 1.54 bits per heavy atom. The number of aryl methyl sites for hydroxylation is 1. The van der Waals surface area contributed by atoms with Gasteiger partial charge in [0.05, 0.1) is 0 Å². The van der Waals surface area contributed by atoms with E-state index in [9.17, 15) is 0 Å². The van der Waals surface area contributed by atoms with Crippen LogP contribution in [0.25, 0.3) is 27.8 Å². The number of hydrogen-bond acceptors (Lipinski definition) is 2. The van der Waals surface area contributed by atoms with Crippen LogP contribution in [-0.2, 0) is 5.41 Å². The first-order valence-corrected chi connectivity index (χ1v) is 13.4. The third-order valence-electron chi connectivity index (χ3n) is 9.31. The molecule has 0 aliphatic heterocycles. The summed E-state index contributed by atoms with van der Waals surface area (Å²) in [5.74, 6) is 2.64. The van der Waals surface area contributed by atoms with Crippen LogP contribution in [0.3, 0.4) is 0 Å². The zero-order chi connectivity index (χ0) is 24.6. The van der Waals surface area contributed by atoms with Crippen molar-refractivity contribution in [2.75, 3.05) is 0 Å². The lowest BCUT2D eigenvalue weighted by atomic mass is 9.49. The predicted molar refractivity (Wildman–Crippen MR) is 147 cm³/mol. The van der Waals surface area contributed by atoms with Crippen molar-refractivity contribution in [3.63, 3.8) is 0 Å². The molecule has 0 radical (unpaired) electrons. The molecule has 4 aromatic rings. The zero-order valence-corrected chi connectivity index (χ0v) is 22.0. The van der Waals surface area contributed by atoms with Crippen LogP contribution in [0.5, 0.6) is 0 Å². The van der Waals surface area contributed by atoms with E-state index in [4.69, 9.17) is 5.10 Å². The maximum atomic E-state index is 4.80. The molecule has 35 heavy (non-hydrogen) atoms. The fourth-order valence-corrected chi connectivity index (χ4v) is 6.71. The molecule has 3 aromatic carbocycles. The van der Waals surface area contributed by atoms with Crippen LogP contribution < -0.4 is 0 Å². The molecule has 1 saturated carbocycles. The SMILES string of the molecule is CCCC(C)(c1cc2ccccc2cc1-c1nnc(C)n1-c1ccccc1)C(C)(CC)C1CCC1. The molecule has 1 fully saturated rings. The number of aromatic nitrogens is 3. The first kappa shape index (κ1) is 23.8. The van der Waals surface area contributed by atoms with Crippen LogP contribution in [-0.4, -0.2) is 14.8 Å². The lowest BCUT2D eigenvalue weighted by molar-refractivity contribution is 0.00978. The van der Waals surface area contributed by atoms with Crippen molar-refractivity contribution in [2.24, 2.45) is 11.3 Å². The Bertz CT molecular complexity index is 1320. The molecule has 1 aromatic heterocycles. The first-order valence-electron chi connectivity index (χ1n) is 13.4. The summed E-state index contributed by atoms with van der Waals surface area (Å²) in [5, 5.41) is 11.9. The van der Waals surface area contributed by atoms with Gasteiger partial charge in [-0.15, -0.1) is 10.2 Å². The zero-order valence-electron chi connectivity index (χ0n) is 22.0. The van der Waals surface area contributed by atoms with Crippen molar-refractivity contribution >= 4 is 10.8 Å². The molecular weight excluding hydrogens is 426 g/mol. The predicted octanol–water partition coefficient (Wildman–Crippen LogP) is 8.67. The maximum absolute atomic E-state index is 4.80. The highest BCUT2D eigenvalue weighted by Gasteiger charge is 2.51. The quantitative estimate of drug-likeness (QED) is 0.260. The first-order chi connectivity index (χ1) is 16.9. The molecule has 0 N–H and O–H groups in total. The van der Waals surface area contributed by atoms with Gasteiger partial charge in [-0.25, -0.2) is 0 Å². The summed E-state index contributed by atoms with van der Waals surface area (Å²) < 4.78 is 2.23. The van der Waals surface area contributed by atoms with E-state index in [0.717, 1.165) is 36.1 Å². The van der Waals surface area contributed by atoms with E-state index in [2.05, 4.69) is 111 Å². The van der Waals surface area contributed by atoms with Crippen LogP contribution in [0, 0.1) is 18.3 Å². The van der Waals surface area contributed by atoms with Crippen LogP contribution in [0.2, 0.25) is 0 Å². The minimum atomic E-state index is 0.0301. The number of fused-ring (bicyclic) bond motifs is 1. The Morgan fingerprint density at radius 3 is 2.14 bits per heavy atom. The standard InChI is InChI=1S/C32H39N3/c1-6-20-32(5,31(4,7-2)26-16-13-17-26)29-22-25-15-12-11-14-24(25)21-28(29)30-34-33-23(3)35(30)27-18-9-8-10-19-27/h8-12,14-15,18-19,21-22,26H,6-7,13,16-17,20H2,1-5H3.